The molecule has 1 amide bonds. The number of hydrogen-bond donors (Lipinski definition) is 0. The second kappa shape index (κ2) is 5.35. The molecule has 15 heavy (non-hydrogen) atoms. The summed E-state index contributed by atoms with van der Waals surface area (Å²) >= 11 is 0. The average Bonchev–Trinajstić information content (AvgIpc) is 2.26. The molecule has 80 valence electrons. The van der Waals surface area contributed by atoms with E-state index in [1.54, 1.807) is 4.90 Å². The molecule has 0 aliphatic carbocycles. The number of benzene rings is 1. The first kappa shape index (κ1) is 11.5. The molecule has 0 radical (unpaired) electrons. The fraction of sp³-hybridized carbons (Fsp3) is 0.308. The van der Waals surface area contributed by atoms with E-state index in [0.717, 1.165) is 18.7 Å². The van der Waals surface area contributed by atoms with Crippen molar-refractivity contribution < 1.29 is 4.79 Å². The van der Waals surface area contributed by atoms with Gasteiger partial charge in [0.15, 0.2) is 0 Å². The van der Waals surface area contributed by atoms with Gasteiger partial charge in [0.05, 0.1) is 0 Å². The molecule has 0 unspecified atom stereocenters. The summed E-state index contributed by atoms with van der Waals surface area (Å²) in [5.74, 6) is 0.0324. The van der Waals surface area contributed by atoms with Gasteiger partial charge in [-0.05, 0) is 25.5 Å². The average molecular weight is 203 g/mol. The van der Waals surface area contributed by atoms with Crippen LogP contribution in [0.3, 0.4) is 0 Å². The number of carbonyl (C=O) groups excluding carboxylic acids is 1. The zero-order valence-electron chi connectivity index (χ0n) is 9.36. The predicted octanol–water partition coefficient (Wildman–Crippen LogP) is 3.07. The molecule has 1 aromatic rings. The van der Waals surface area contributed by atoms with Crippen LogP contribution in [-0.4, -0.2) is 17.4 Å². The maximum atomic E-state index is 12.0. The zero-order valence-corrected chi connectivity index (χ0v) is 9.36. The van der Waals surface area contributed by atoms with E-state index < -0.39 is 0 Å². The van der Waals surface area contributed by atoms with Crippen LogP contribution in [-0.2, 0) is 0 Å². The van der Waals surface area contributed by atoms with Gasteiger partial charge in [0.1, 0.15) is 0 Å². The van der Waals surface area contributed by atoms with E-state index in [4.69, 9.17) is 0 Å². The van der Waals surface area contributed by atoms with E-state index in [9.17, 15) is 4.79 Å². The Morgan fingerprint density at radius 1 is 1.33 bits per heavy atom. The van der Waals surface area contributed by atoms with Gasteiger partial charge >= 0.3 is 0 Å². The van der Waals surface area contributed by atoms with E-state index >= 15 is 0 Å². The highest BCUT2D eigenvalue weighted by Crippen LogP contribution is 2.09. The predicted molar refractivity (Wildman–Crippen MR) is 62.6 cm³/mol. The molecule has 1 rings (SSSR count). The Bertz CT molecular complexity index is 343. The summed E-state index contributed by atoms with van der Waals surface area (Å²) in [7, 11) is 0. The molecule has 1 aromatic carbocycles. The molecule has 0 spiro atoms. The summed E-state index contributed by atoms with van der Waals surface area (Å²) < 4.78 is 0. The van der Waals surface area contributed by atoms with Crippen molar-refractivity contribution in [1.29, 1.82) is 0 Å². The molecule has 0 aromatic heterocycles. The maximum Gasteiger partial charge on any atom is 0.257 e. The molecule has 0 saturated carbocycles. The number of hydrogen-bond acceptors (Lipinski definition) is 1. The van der Waals surface area contributed by atoms with Crippen LogP contribution in [0.4, 0.5) is 0 Å². The van der Waals surface area contributed by atoms with E-state index in [1.807, 2.05) is 44.2 Å². The van der Waals surface area contributed by atoms with E-state index in [2.05, 4.69) is 6.58 Å². The van der Waals surface area contributed by atoms with Crippen LogP contribution in [0.25, 0.3) is 0 Å². The molecule has 0 heterocycles. The third kappa shape index (κ3) is 2.94. The molecule has 2 nitrogen and oxygen atoms in total. The number of nitrogens with zero attached hydrogens (tertiary/aromatic N) is 1. The summed E-state index contributed by atoms with van der Waals surface area (Å²) in [6.45, 7) is 8.46. The molecule has 0 fully saturated rings. The van der Waals surface area contributed by atoms with Crippen LogP contribution in [0.1, 0.15) is 30.6 Å². The minimum Gasteiger partial charge on any atom is -0.313 e. The highest BCUT2D eigenvalue weighted by molar-refractivity contribution is 5.95. The summed E-state index contributed by atoms with van der Waals surface area (Å²) in [6.07, 6.45) is 0.936. The minimum atomic E-state index is 0.0324. The van der Waals surface area contributed by atoms with Gasteiger partial charge in [-0.2, -0.15) is 0 Å². The van der Waals surface area contributed by atoms with Crippen LogP contribution >= 0.6 is 0 Å². The van der Waals surface area contributed by atoms with E-state index in [0.29, 0.717) is 5.56 Å². The quantitative estimate of drug-likeness (QED) is 0.736. The molecule has 0 saturated heterocycles. The van der Waals surface area contributed by atoms with Gasteiger partial charge in [-0.15, -0.1) is 0 Å². The second-order valence-electron chi connectivity index (χ2n) is 3.56. The first-order valence-corrected chi connectivity index (χ1v) is 5.19. The number of allylic oxidation sites excluding steroid dienone is 1. The van der Waals surface area contributed by atoms with Crippen molar-refractivity contribution in [2.45, 2.75) is 20.3 Å². The summed E-state index contributed by atoms with van der Waals surface area (Å²) in [5, 5.41) is 0. The van der Waals surface area contributed by atoms with Gasteiger partial charge < -0.3 is 4.90 Å². The molecule has 0 aliphatic rings. The van der Waals surface area contributed by atoms with Crippen LogP contribution in [0.2, 0.25) is 0 Å². The lowest BCUT2D eigenvalue weighted by Gasteiger charge is -2.21. The minimum absolute atomic E-state index is 0.0324. The van der Waals surface area contributed by atoms with Crippen molar-refractivity contribution in [1.82, 2.24) is 4.90 Å². The molecule has 0 N–H and O–H groups in total. The van der Waals surface area contributed by atoms with Crippen molar-refractivity contribution in [3.05, 3.63) is 48.2 Å². The Morgan fingerprint density at radius 3 is 2.40 bits per heavy atom. The Hall–Kier alpha value is -1.57. The fourth-order valence-electron chi connectivity index (χ4n) is 1.43. The first-order chi connectivity index (χ1) is 7.16. The SMILES string of the molecule is C=C(C)N(CCC)C(=O)c1ccccc1. The van der Waals surface area contributed by atoms with Crippen molar-refractivity contribution in [3.63, 3.8) is 0 Å². The Balaban J connectivity index is 2.86. The lowest BCUT2D eigenvalue weighted by atomic mass is 10.2. The molecule has 0 aliphatic heterocycles. The van der Waals surface area contributed by atoms with Crippen molar-refractivity contribution in [2.24, 2.45) is 0 Å². The van der Waals surface area contributed by atoms with Gasteiger partial charge in [-0.1, -0.05) is 31.7 Å². The zero-order chi connectivity index (χ0) is 11.3. The van der Waals surface area contributed by atoms with Crippen LogP contribution in [0.5, 0.6) is 0 Å². The van der Waals surface area contributed by atoms with E-state index in [-0.39, 0.29) is 5.91 Å². The van der Waals surface area contributed by atoms with E-state index in [1.165, 1.54) is 0 Å². The Morgan fingerprint density at radius 2 is 1.93 bits per heavy atom. The van der Waals surface area contributed by atoms with Gasteiger partial charge in [0.25, 0.3) is 5.91 Å². The molecular weight excluding hydrogens is 186 g/mol. The summed E-state index contributed by atoms with van der Waals surface area (Å²) in [6, 6.07) is 9.30. The van der Waals surface area contributed by atoms with Gasteiger partial charge in [0.2, 0.25) is 0 Å². The smallest absolute Gasteiger partial charge is 0.257 e. The Kier molecular flexibility index (Phi) is 4.10. The van der Waals surface area contributed by atoms with Gasteiger partial charge in [-0.3, -0.25) is 4.79 Å². The van der Waals surface area contributed by atoms with Crippen molar-refractivity contribution in [3.8, 4) is 0 Å². The topological polar surface area (TPSA) is 20.3 Å². The third-order valence-corrected chi connectivity index (χ3v) is 2.17. The van der Waals surface area contributed by atoms with Crippen LogP contribution in [0.15, 0.2) is 42.6 Å². The third-order valence-electron chi connectivity index (χ3n) is 2.17. The highest BCUT2D eigenvalue weighted by atomic mass is 16.2. The number of amides is 1. The van der Waals surface area contributed by atoms with Crippen molar-refractivity contribution >= 4 is 5.91 Å². The molecule has 0 bridgehead atoms. The lowest BCUT2D eigenvalue weighted by Crippen LogP contribution is -2.29. The van der Waals surface area contributed by atoms with Gasteiger partial charge in [-0.25, -0.2) is 0 Å². The standard InChI is InChI=1S/C13H17NO/c1-4-10-14(11(2)3)13(15)12-8-6-5-7-9-12/h5-9H,2,4,10H2,1,3H3. The first-order valence-electron chi connectivity index (χ1n) is 5.19. The van der Waals surface area contributed by atoms with Crippen LogP contribution < -0.4 is 0 Å². The van der Waals surface area contributed by atoms with Crippen molar-refractivity contribution in [2.75, 3.05) is 6.54 Å². The lowest BCUT2D eigenvalue weighted by molar-refractivity contribution is 0.0806. The summed E-state index contributed by atoms with van der Waals surface area (Å²) in [4.78, 5) is 13.8. The number of rotatable bonds is 4. The Labute approximate surface area is 91.2 Å². The normalized spacial score (nSPS) is 9.73. The highest BCUT2D eigenvalue weighted by Gasteiger charge is 2.14. The van der Waals surface area contributed by atoms with Crippen LogP contribution in [0, 0.1) is 0 Å². The number of carbonyl (C=O) groups is 1. The fourth-order valence-corrected chi connectivity index (χ4v) is 1.43. The second-order valence-corrected chi connectivity index (χ2v) is 3.56. The monoisotopic (exact) mass is 203 g/mol. The maximum absolute atomic E-state index is 12.0. The van der Waals surface area contributed by atoms with Gasteiger partial charge in [0, 0.05) is 17.8 Å². The largest absolute Gasteiger partial charge is 0.313 e. The molecule has 0 atom stereocenters. The molecule has 2 heteroatoms. The summed E-state index contributed by atoms with van der Waals surface area (Å²) in [5.41, 5.74) is 1.51. The molecular formula is C13H17NO.